The fourth-order valence-electron chi connectivity index (χ4n) is 2.12. The topological polar surface area (TPSA) is 46.2 Å². The van der Waals surface area contributed by atoms with Gasteiger partial charge in [-0.1, -0.05) is 59.7 Å². The molecule has 1 amide bonds. The van der Waals surface area contributed by atoms with E-state index in [1.807, 2.05) is 68.5 Å². The summed E-state index contributed by atoms with van der Waals surface area (Å²) in [5.41, 5.74) is 4.10. The number of Topliss-reactive ketones (excluding diaryl/α,β-unsaturated/α-hetero) is 1. The first kappa shape index (κ1) is 17.4. The monoisotopic (exact) mass is 319 g/mol. The third kappa shape index (κ3) is 5.06. The van der Waals surface area contributed by atoms with Gasteiger partial charge in [-0.25, -0.2) is 0 Å². The first-order valence-electron chi connectivity index (χ1n) is 7.79. The van der Waals surface area contributed by atoms with E-state index in [2.05, 4.69) is 5.32 Å². The number of benzene rings is 2. The van der Waals surface area contributed by atoms with E-state index in [-0.39, 0.29) is 11.4 Å². The van der Waals surface area contributed by atoms with Crippen LogP contribution in [-0.4, -0.2) is 11.7 Å². The lowest BCUT2D eigenvalue weighted by atomic mass is 10.1. The molecule has 0 fully saturated rings. The number of allylic oxidation sites excluding steroid dienone is 2. The number of carbonyl (C=O) groups excluding carboxylic acids is 2. The van der Waals surface area contributed by atoms with Gasteiger partial charge in [0.05, 0.1) is 5.57 Å². The number of anilines is 1. The second-order valence-corrected chi connectivity index (χ2v) is 5.73. The molecule has 0 saturated heterocycles. The Balaban J connectivity index is 2.12. The molecular weight excluding hydrogens is 298 g/mol. The summed E-state index contributed by atoms with van der Waals surface area (Å²) in [5, 5.41) is 2.74. The minimum Gasteiger partial charge on any atom is -0.322 e. The molecule has 0 bridgehead atoms. The van der Waals surface area contributed by atoms with E-state index in [1.54, 1.807) is 12.2 Å². The Kier molecular flexibility index (Phi) is 5.85. The van der Waals surface area contributed by atoms with Crippen LogP contribution in [0.25, 0.3) is 6.08 Å². The minimum absolute atomic E-state index is 0.124. The van der Waals surface area contributed by atoms with E-state index >= 15 is 0 Å². The summed E-state index contributed by atoms with van der Waals surface area (Å²) in [4.78, 5) is 24.0. The minimum atomic E-state index is -0.403. The molecule has 0 aliphatic rings. The molecule has 2 aromatic carbocycles. The van der Waals surface area contributed by atoms with Crippen molar-refractivity contribution in [3.63, 3.8) is 0 Å². The summed E-state index contributed by atoms with van der Waals surface area (Å²) < 4.78 is 0. The maximum atomic E-state index is 12.3. The van der Waals surface area contributed by atoms with Crippen molar-refractivity contribution in [3.05, 3.63) is 82.9 Å². The van der Waals surface area contributed by atoms with E-state index in [1.165, 1.54) is 12.5 Å². The van der Waals surface area contributed by atoms with E-state index < -0.39 is 5.91 Å². The zero-order valence-electron chi connectivity index (χ0n) is 14.2. The summed E-state index contributed by atoms with van der Waals surface area (Å²) in [6.45, 7) is 5.39. The second kappa shape index (κ2) is 8.06. The van der Waals surface area contributed by atoms with Gasteiger partial charge < -0.3 is 5.32 Å². The van der Waals surface area contributed by atoms with E-state index in [0.717, 1.165) is 11.1 Å². The number of amides is 1. The number of rotatable bonds is 5. The molecule has 0 heterocycles. The van der Waals surface area contributed by atoms with Gasteiger partial charge in [0.15, 0.2) is 5.78 Å². The summed E-state index contributed by atoms with van der Waals surface area (Å²) in [6, 6.07) is 15.4. The molecular formula is C21H21NO2. The third-order valence-electron chi connectivity index (χ3n) is 3.56. The average molecular weight is 319 g/mol. The highest BCUT2D eigenvalue weighted by Crippen LogP contribution is 2.11. The zero-order valence-corrected chi connectivity index (χ0v) is 14.2. The Hall–Kier alpha value is -2.94. The zero-order chi connectivity index (χ0) is 17.5. The molecule has 2 rings (SSSR count). The number of ketones is 1. The number of carbonyl (C=O) groups is 2. The maximum absolute atomic E-state index is 12.3. The van der Waals surface area contributed by atoms with Gasteiger partial charge in [0, 0.05) is 5.69 Å². The Bertz CT molecular complexity index is 782. The standard InChI is InChI=1S/C21H21NO2/c1-15-7-11-18(12-8-15)5-4-6-20(17(3)23)21(24)22-19-13-9-16(2)10-14-19/h4-14H,1-3H3,(H,22,24)/b5-4+,20-6+. The largest absolute Gasteiger partial charge is 0.322 e. The van der Waals surface area contributed by atoms with Gasteiger partial charge in [-0.15, -0.1) is 0 Å². The molecule has 3 heteroatoms. The molecule has 0 atom stereocenters. The Labute approximate surface area is 142 Å². The van der Waals surface area contributed by atoms with Crippen molar-refractivity contribution in [2.45, 2.75) is 20.8 Å². The first-order valence-corrected chi connectivity index (χ1v) is 7.79. The van der Waals surface area contributed by atoms with Crippen LogP contribution in [-0.2, 0) is 9.59 Å². The maximum Gasteiger partial charge on any atom is 0.259 e. The average Bonchev–Trinajstić information content (AvgIpc) is 2.55. The summed E-state index contributed by atoms with van der Waals surface area (Å²) in [5.74, 6) is -0.673. The highest BCUT2D eigenvalue weighted by Gasteiger charge is 2.13. The van der Waals surface area contributed by atoms with Gasteiger partial charge in [0.25, 0.3) is 5.91 Å². The van der Waals surface area contributed by atoms with E-state index in [9.17, 15) is 9.59 Å². The molecule has 3 nitrogen and oxygen atoms in total. The fourth-order valence-corrected chi connectivity index (χ4v) is 2.12. The van der Waals surface area contributed by atoms with Gasteiger partial charge in [-0.2, -0.15) is 0 Å². The molecule has 2 aromatic rings. The smallest absolute Gasteiger partial charge is 0.259 e. The SMILES string of the molecule is CC(=O)/C(=C\C=C\c1ccc(C)cc1)C(=O)Nc1ccc(C)cc1. The van der Waals surface area contributed by atoms with Crippen LogP contribution in [0.1, 0.15) is 23.6 Å². The van der Waals surface area contributed by atoms with Crippen LogP contribution in [0.15, 0.2) is 66.3 Å². The number of hydrogen-bond donors (Lipinski definition) is 1. The Morgan fingerprint density at radius 1 is 0.875 bits per heavy atom. The van der Waals surface area contributed by atoms with Crippen molar-refractivity contribution in [1.82, 2.24) is 0 Å². The lowest BCUT2D eigenvalue weighted by molar-refractivity contribution is -0.118. The molecule has 0 saturated carbocycles. The van der Waals surface area contributed by atoms with E-state index in [4.69, 9.17) is 0 Å². The van der Waals surface area contributed by atoms with Crippen LogP contribution in [0.5, 0.6) is 0 Å². The molecule has 0 aliphatic carbocycles. The van der Waals surface area contributed by atoms with Crippen molar-refractivity contribution < 1.29 is 9.59 Å². The normalized spacial score (nSPS) is 11.5. The highest BCUT2D eigenvalue weighted by atomic mass is 16.2. The number of hydrogen-bond acceptors (Lipinski definition) is 2. The van der Waals surface area contributed by atoms with Crippen LogP contribution in [0.3, 0.4) is 0 Å². The highest BCUT2D eigenvalue weighted by molar-refractivity contribution is 6.23. The van der Waals surface area contributed by atoms with Crippen molar-refractivity contribution in [2.75, 3.05) is 5.32 Å². The summed E-state index contributed by atoms with van der Waals surface area (Å²) in [6.07, 6.45) is 5.13. The van der Waals surface area contributed by atoms with Crippen LogP contribution in [0.2, 0.25) is 0 Å². The number of nitrogens with one attached hydrogen (secondary N) is 1. The fraction of sp³-hybridized carbons (Fsp3) is 0.143. The summed E-state index contributed by atoms with van der Waals surface area (Å²) in [7, 11) is 0. The quantitative estimate of drug-likeness (QED) is 0.382. The lowest BCUT2D eigenvalue weighted by Gasteiger charge is -2.06. The molecule has 24 heavy (non-hydrogen) atoms. The van der Waals surface area contributed by atoms with Crippen molar-refractivity contribution in [3.8, 4) is 0 Å². The molecule has 1 N–H and O–H groups in total. The Morgan fingerprint density at radius 2 is 1.42 bits per heavy atom. The van der Waals surface area contributed by atoms with Gasteiger partial charge in [-0.05, 0) is 44.5 Å². The van der Waals surface area contributed by atoms with Crippen molar-refractivity contribution in [1.29, 1.82) is 0 Å². The van der Waals surface area contributed by atoms with Gasteiger partial charge >= 0.3 is 0 Å². The van der Waals surface area contributed by atoms with Crippen LogP contribution >= 0.6 is 0 Å². The molecule has 122 valence electrons. The van der Waals surface area contributed by atoms with Crippen molar-refractivity contribution in [2.24, 2.45) is 0 Å². The Morgan fingerprint density at radius 3 is 1.96 bits per heavy atom. The number of aryl methyl sites for hydroxylation is 2. The van der Waals surface area contributed by atoms with Crippen LogP contribution in [0, 0.1) is 13.8 Å². The first-order chi connectivity index (χ1) is 11.5. The molecule has 0 aromatic heterocycles. The lowest BCUT2D eigenvalue weighted by Crippen LogP contribution is -2.18. The molecule has 0 aliphatic heterocycles. The van der Waals surface area contributed by atoms with Crippen molar-refractivity contribution >= 4 is 23.5 Å². The molecule has 0 unspecified atom stereocenters. The van der Waals surface area contributed by atoms with Gasteiger partial charge in [-0.3, -0.25) is 9.59 Å². The van der Waals surface area contributed by atoms with E-state index in [0.29, 0.717) is 5.69 Å². The van der Waals surface area contributed by atoms with Gasteiger partial charge in [0.1, 0.15) is 0 Å². The van der Waals surface area contributed by atoms with Crippen LogP contribution in [0.4, 0.5) is 5.69 Å². The van der Waals surface area contributed by atoms with Gasteiger partial charge in [0.2, 0.25) is 0 Å². The molecule has 0 radical (unpaired) electrons. The second-order valence-electron chi connectivity index (χ2n) is 5.73. The predicted molar refractivity (Wildman–Crippen MR) is 98.8 cm³/mol. The predicted octanol–water partition coefficient (Wildman–Crippen LogP) is 4.47. The third-order valence-corrected chi connectivity index (χ3v) is 3.56. The molecule has 0 spiro atoms. The summed E-state index contributed by atoms with van der Waals surface area (Å²) >= 11 is 0. The van der Waals surface area contributed by atoms with Crippen LogP contribution < -0.4 is 5.32 Å².